The van der Waals surface area contributed by atoms with E-state index in [4.69, 9.17) is 4.74 Å². The Kier molecular flexibility index (Phi) is 2.31. The van der Waals surface area contributed by atoms with Crippen molar-refractivity contribution in [2.24, 2.45) is 5.92 Å². The highest BCUT2D eigenvalue weighted by atomic mass is 16.5. The van der Waals surface area contributed by atoms with Crippen LogP contribution >= 0.6 is 0 Å². The van der Waals surface area contributed by atoms with E-state index in [1.54, 1.807) is 0 Å². The van der Waals surface area contributed by atoms with Crippen LogP contribution in [0.15, 0.2) is 24.3 Å². The van der Waals surface area contributed by atoms with Crippen molar-refractivity contribution in [2.75, 3.05) is 6.61 Å². The van der Waals surface area contributed by atoms with Gasteiger partial charge in [-0.2, -0.15) is 0 Å². The average molecular weight is 161 g/mol. The Labute approximate surface area is 73.4 Å². The van der Waals surface area contributed by atoms with Crippen molar-refractivity contribution in [3.63, 3.8) is 0 Å². The number of benzene rings is 1. The van der Waals surface area contributed by atoms with Crippen molar-refractivity contribution in [1.29, 1.82) is 0 Å². The van der Waals surface area contributed by atoms with E-state index in [9.17, 15) is 0 Å². The minimum Gasteiger partial charge on any atom is -0.493 e. The third-order valence-electron chi connectivity index (χ3n) is 2.40. The molecule has 1 aliphatic rings. The number of hydrogen-bond acceptors (Lipinski definition) is 1. The quantitative estimate of drug-likeness (QED) is 0.662. The molecule has 0 saturated heterocycles. The highest BCUT2D eigenvalue weighted by Gasteiger charge is 2.17. The molecule has 1 nitrogen and oxygen atoms in total. The second-order valence-electron chi connectivity index (χ2n) is 3.34. The first-order valence-electron chi connectivity index (χ1n) is 4.54. The van der Waals surface area contributed by atoms with E-state index >= 15 is 0 Å². The van der Waals surface area contributed by atoms with E-state index in [1.165, 1.54) is 19.3 Å². The summed E-state index contributed by atoms with van der Waals surface area (Å²) in [4.78, 5) is 0. The van der Waals surface area contributed by atoms with Crippen LogP contribution in [0.25, 0.3) is 0 Å². The Hall–Kier alpha value is -0.980. The second kappa shape index (κ2) is 3.61. The molecule has 1 aliphatic carbocycles. The average Bonchev–Trinajstić information content (AvgIpc) is 2.04. The predicted octanol–water partition coefficient (Wildman–Crippen LogP) is 2.67. The normalized spacial score (nSPS) is 17.0. The molecule has 1 heteroatoms. The maximum Gasteiger partial charge on any atom is 0.119 e. The van der Waals surface area contributed by atoms with E-state index in [0.29, 0.717) is 0 Å². The van der Waals surface area contributed by atoms with Crippen molar-refractivity contribution in [1.82, 2.24) is 0 Å². The number of ether oxygens (including phenoxy) is 1. The lowest BCUT2D eigenvalue weighted by Crippen LogP contribution is -2.19. The van der Waals surface area contributed by atoms with Gasteiger partial charge in [0.05, 0.1) is 6.61 Å². The largest absolute Gasteiger partial charge is 0.493 e. The monoisotopic (exact) mass is 161 g/mol. The van der Waals surface area contributed by atoms with Gasteiger partial charge in [0.1, 0.15) is 5.75 Å². The molecule has 0 atom stereocenters. The molecule has 1 saturated carbocycles. The molecule has 1 aromatic rings. The first-order chi connectivity index (χ1) is 5.95. The zero-order valence-corrected chi connectivity index (χ0v) is 7.12. The molecule has 1 fully saturated rings. The van der Waals surface area contributed by atoms with Crippen molar-refractivity contribution in [2.45, 2.75) is 19.3 Å². The summed E-state index contributed by atoms with van der Waals surface area (Å²) in [7, 11) is 0. The standard InChI is InChI=1S/C11H13O/c1-2-7-11(8-3-1)12-9-10-5-4-6-10/h2-3,7-8,10H,4-6,9H2. The van der Waals surface area contributed by atoms with Gasteiger partial charge in [0.25, 0.3) is 0 Å². The second-order valence-corrected chi connectivity index (χ2v) is 3.34. The van der Waals surface area contributed by atoms with Gasteiger partial charge >= 0.3 is 0 Å². The summed E-state index contributed by atoms with van der Waals surface area (Å²) in [5, 5.41) is 0. The van der Waals surface area contributed by atoms with Gasteiger partial charge in [0.2, 0.25) is 0 Å². The van der Waals surface area contributed by atoms with E-state index in [1.807, 2.05) is 24.3 Å². The number of hydrogen-bond donors (Lipinski definition) is 0. The third-order valence-corrected chi connectivity index (χ3v) is 2.40. The van der Waals surface area contributed by atoms with Gasteiger partial charge in [-0.05, 0) is 37.0 Å². The molecule has 0 bridgehead atoms. The van der Waals surface area contributed by atoms with Crippen molar-refractivity contribution in [3.8, 4) is 5.75 Å². The predicted molar refractivity (Wildman–Crippen MR) is 48.1 cm³/mol. The maximum atomic E-state index is 5.59. The summed E-state index contributed by atoms with van der Waals surface area (Å²) in [6, 6.07) is 10.7. The van der Waals surface area contributed by atoms with Crippen LogP contribution in [0.1, 0.15) is 19.3 Å². The molecular formula is C11H13O. The van der Waals surface area contributed by atoms with Crippen molar-refractivity contribution < 1.29 is 4.74 Å². The first-order valence-corrected chi connectivity index (χ1v) is 4.54. The Balaban J connectivity index is 1.79. The SMILES string of the molecule is [c]1ccc(OCC2CCC2)cc1. The molecule has 0 aliphatic heterocycles. The van der Waals surface area contributed by atoms with Gasteiger partial charge in [-0.15, -0.1) is 0 Å². The van der Waals surface area contributed by atoms with Crippen LogP contribution in [-0.4, -0.2) is 6.61 Å². The fourth-order valence-corrected chi connectivity index (χ4v) is 1.34. The summed E-state index contributed by atoms with van der Waals surface area (Å²) in [6.07, 6.45) is 4.08. The molecule has 0 spiro atoms. The van der Waals surface area contributed by atoms with Crippen LogP contribution in [0.4, 0.5) is 0 Å². The van der Waals surface area contributed by atoms with E-state index in [2.05, 4.69) is 6.07 Å². The van der Waals surface area contributed by atoms with Crippen LogP contribution in [0.5, 0.6) is 5.75 Å². The highest BCUT2D eigenvalue weighted by Crippen LogP contribution is 2.26. The molecule has 0 amide bonds. The van der Waals surface area contributed by atoms with Gasteiger partial charge in [-0.3, -0.25) is 0 Å². The summed E-state index contributed by atoms with van der Waals surface area (Å²) in [6.45, 7) is 0.893. The van der Waals surface area contributed by atoms with E-state index < -0.39 is 0 Å². The molecule has 2 rings (SSSR count). The number of rotatable bonds is 3. The molecule has 63 valence electrons. The lowest BCUT2D eigenvalue weighted by atomic mass is 9.86. The third kappa shape index (κ3) is 1.79. The van der Waals surface area contributed by atoms with E-state index in [-0.39, 0.29) is 0 Å². The maximum absolute atomic E-state index is 5.59. The highest BCUT2D eigenvalue weighted by molar-refractivity contribution is 5.20. The van der Waals surface area contributed by atoms with Crippen LogP contribution < -0.4 is 4.74 Å². The zero-order chi connectivity index (χ0) is 8.23. The van der Waals surface area contributed by atoms with E-state index in [0.717, 1.165) is 18.3 Å². The lowest BCUT2D eigenvalue weighted by Gasteiger charge is -2.24. The fraction of sp³-hybridized carbons (Fsp3) is 0.455. The Bertz CT molecular complexity index is 226. The summed E-state index contributed by atoms with van der Waals surface area (Å²) in [5.41, 5.74) is 0. The smallest absolute Gasteiger partial charge is 0.119 e. The van der Waals surface area contributed by atoms with Crippen molar-refractivity contribution >= 4 is 0 Å². The molecule has 0 aromatic heterocycles. The van der Waals surface area contributed by atoms with Crippen LogP contribution in [0, 0.1) is 12.0 Å². The minimum atomic E-state index is 0.814. The molecule has 12 heavy (non-hydrogen) atoms. The van der Waals surface area contributed by atoms with Gasteiger partial charge in [-0.25, -0.2) is 0 Å². The van der Waals surface area contributed by atoms with Crippen LogP contribution in [-0.2, 0) is 0 Å². The van der Waals surface area contributed by atoms with Gasteiger partial charge < -0.3 is 4.74 Å². The first kappa shape index (κ1) is 7.66. The molecule has 1 radical (unpaired) electrons. The lowest BCUT2D eigenvalue weighted by molar-refractivity contribution is 0.180. The molecule has 0 unspecified atom stereocenters. The zero-order valence-electron chi connectivity index (χ0n) is 7.12. The Morgan fingerprint density at radius 3 is 2.67 bits per heavy atom. The summed E-state index contributed by atoms with van der Waals surface area (Å²) in [5.74, 6) is 1.79. The van der Waals surface area contributed by atoms with Crippen molar-refractivity contribution in [3.05, 3.63) is 30.3 Å². The van der Waals surface area contributed by atoms with Crippen LogP contribution in [0.2, 0.25) is 0 Å². The minimum absolute atomic E-state index is 0.814. The summed E-state index contributed by atoms with van der Waals surface area (Å²) >= 11 is 0. The van der Waals surface area contributed by atoms with Gasteiger partial charge in [-0.1, -0.05) is 18.6 Å². The van der Waals surface area contributed by atoms with Gasteiger partial charge in [0.15, 0.2) is 0 Å². The van der Waals surface area contributed by atoms with Gasteiger partial charge in [0, 0.05) is 0 Å². The fourth-order valence-electron chi connectivity index (χ4n) is 1.34. The Morgan fingerprint density at radius 2 is 2.08 bits per heavy atom. The molecule has 0 heterocycles. The topological polar surface area (TPSA) is 9.23 Å². The molecule has 1 aromatic carbocycles. The molecular weight excluding hydrogens is 148 g/mol. The Morgan fingerprint density at radius 1 is 1.33 bits per heavy atom. The molecule has 0 N–H and O–H groups in total. The van der Waals surface area contributed by atoms with Crippen LogP contribution in [0.3, 0.4) is 0 Å². The summed E-state index contributed by atoms with van der Waals surface area (Å²) < 4.78 is 5.59.